The number of hydrogen-bond donors (Lipinski definition) is 0. The maximum Gasteiger partial charge on any atom is 0.240 e. The Labute approximate surface area is 174 Å². The summed E-state index contributed by atoms with van der Waals surface area (Å²) in [5.41, 5.74) is 2.17. The van der Waals surface area contributed by atoms with E-state index in [9.17, 15) is 4.79 Å². The zero-order valence-corrected chi connectivity index (χ0v) is 17.6. The molecule has 5 nitrogen and oxygen atoms in total. The quantitative estimate of drug-likeness (QED) is 0.652. The molecule has 0 spiro atoms. The van der Waals surface area contributed by atoms with Crippen LogP contribution in [0.25, 0.3) is 20.7 Å². The SMILES string of the molecule is Cc1nc(CN2C(=O)C3CCC2CN3C)c2cc(-c3ccccc3)sc2n1.Cl. The third-order valence-electron chi connectivity index (χ3n) is 5.77. The van der Waals surface area contributed by atoms with Gasteiger partial charge < -0.3 is 4.90 Å². The number of amides is 1. The minimum absolute atomic E-state index is 0. The first-order valence-electron chi connectivity index (χ1n) is 9.43. The molecule has 7 heteroatoms. The number of carbonyl (C=O) groups is 1. The van der Waals surface area contributed by atoms with Crippen molar-refractivity contribution < 1.29 is 4.79 Å². The highest BCUT2D eigenvalue weighted by molar-refractivity contribution is 7.21. The molecule has 3 aromatic rings. The van der Waals surface area contributed by atoms with Crippen LogP contribution in [-0.2, 0) is 11.3 Å². The Morgan fingerprint density at radius 3 is 2.68 bits per heavy atom. The van der Waals surface area contributed by atoms with Gasteiger partial charge in [-0.05, 0) is 38.4 Å². The number of hydrogen-bond acceptors (Lipinski definition) is 5. The fourth-order valence-corrected chi connectivity index (χ4v) is 5.50. The maximum atomic E-state index is 12.9. The van der Waals surface area contributed by atoms with E-state index in [4.69, 9.17) is 4.98 Å². The van der Waals surface area contributed by atoms with Crippen molar-refractivity contribution in [2.24, 2.45) is 0 Å². The van der Waals surface area contributed by atoms with Gasteiger partial charge in [0.25, 0.3) is 0 Å². The predicted octanol–water partition coefficient (Wildman–Crippen LogP) is 3.89. The number of benzene rings is 1. The van der Waals surface area contributed by atoms with Crippen molar-refractivity contribution in [2.45, 2.75) is 38.4 Å². The number of piperidine rings is 2. The minimum Gasteiger partial charge on any atom is -0.331 e. The summed E-state index contributed by atoms with van der Waals surface area (Å²) in [4.78, 5) is 28.7. The van der Waals surface area contributed by atoms with E-state index in [1.807, 2.05) is 13.0 Å². The van der Waals surface area contributed by atoms with Crippen LogP contribution in [0, 0.1) is 6.92 Å². The Morgan fingerprint density at radius 2 is 1.96 bits per heavy atom. The summed E-state index contributed by atoms with van der Waals surface area (Å²) < 4.78 is 0. The standard InChI is InChI=1S/C21H22N4OS.ClH/c1-13-22-17(12-25-15-8-9-18(21(25)26)24(2)11-15)16-10-19(27-20(16)23-13)14-6-4-3-5-7-14;/h3-7,10,15,18H,8-9,11-12H2,1-2H3;1H. The molecule has 2 atom stereocenters. The number of fused-ring (bicyclic) bond motifs is 4. The van der Waals surface area contributed by atoms with Gasteiger partial charge in [0.1, 0.15) is 10.7 Å². The van der Waals surface area contributed by atoms with Crippen LogP contribution in [0.3, 0.4) is 0 Å². The Kier molecular flexibility index (Phi) is 5.12. The van der Waals surface area contributed by atoms with Crippen molar-refractivity contribution >= 4 is 39.9 Å². The van der Waals surface area contributed by atoms with Crippen LogP contribution in [0.4, 0.5) is 0 Å². The molecule has 3 aliphatic rings. The molecule has 3 aliphatic heterocycles. The van der Waals surface area contributed by atoms with Crippen LogP contribution in [0.5, 0.6) is 0 Å². The monoisotopic (exact) mass is 414 g/mol. The van der Waals surface area contributed by atoms with Crippen LogP contribution in [0.15, 0.2) is 36.4 Å². The highest BCUT2D eigenvalue weighted by atomic mass is 35.5. The first-order chi connectivity index (χ1) is 13.1. The molecule has 0 aliphatic carbocycles. The summed E-state index contributed by atoms with van der Waals surface area (Å²) >= 11 is 1.69. The van der Waals surface area contributed by atoms with Gasteiger partial charge in [-0.2, -0.15) is 0 Å². The van der Waals surface area contributed by atoms with E-state index >= 15 is 0 Å². The van der Waals surface area contributed by atoms with Gasteiger partial charge in [-0.1, -0.05) is 30.3 Å². The van der Waals surface area contributed by atoms with Gasteiger partial charge in [0.05, 0.1) is 18.3 Å². The molecule has 0 N–H and O–H groups in total. The van der Waals surface area contributed by atoms with E-state index in [0.717, 1.165) is 41.1 Å². The topological polar surface area (TPSA) is 49.3 Å². The molecule has 3 fully saturated rings. The van der Waals surface area contributed by atoms with Gasteiger partial charge in [0.15, 0.2) is 0 Å². The van der Waals surface area contributed by atoms with Gasteiger partial charge in [-0.15, -0.1) is 23.7 Å². The van der Waals surface area contributed by atoms with E-state index in [0.29, 0.717) is 12.6 Å². The first-order valence-corrected chi connectivity index (χ1v) is 10.2. The lowest BCUT2D eigenvalue weighted by molar-refractivity contribution is -0.152. The number of halogens is 1. The molecule has 2 unspecified atom stereocenters. The number of rotatable bonds is 3. The van der Waals surface area contributed by atoms with Crippen molar-refractivity contribution in [1.82, 2.24) is 19.8 Å². The lowest BCUT2D eigenvalue weighted by Crippen LogP contribution is -2.64. The first kappa shape index (κ1) is 19.3. The summed E-state index contributed by atoms with van der Waals surface area (Å²) in [5, 5.41) is 1.08. The number of aryl methyl sites for hydroxylation is 1. The molecule has 28 heavy (non-hydrogen) atoms. The third kappa shape index (κ3) is 3.19. The Hall–Kier alpha value is -2.02. The zero-order chi connectivity index (χ0) is 18.5. The highest BCUT2D eigenvalue weighted by Gasteiger charge is 2.43. The van der Waals surface area contributed by atoms with Gasteiger partial charge in [-0.3, -0.25) is 9.69 Å². The smallest absolute Gasteiger partial charge is 0.240 e. The number of thiophene rings is 1. The number of nitrogens with zero attached hydrogens (tertiary/aromatic N) is 4. The fourth-order valence-electron chi connectivity index (χ4n) is 4.39. The largest absolute Gasteiger partial charge is 0.331 e. The summed E-state index contributed by atoms with van der Waals surface area (Å²) in [7, 11) is 2.06. The molecule has 0 radical (unpaired) electrons. The number of piperazine rings is 1. The van der Waals surface area contributed by atoms with E-state index in [-0.39, 0.29) is 24.4 Å². The van der Waals surface area contributed by atoms with Crippen LogP contribution < -0.4 is 0 Å². The molecule has 6 rings (SSSR count). The van der Waals surface area contributed by atoms with Crippen LogP contribution in [0.2, 0.25) is 0 Å². The average molecular weight is 415 g/mol. The van der Waals surface area contributed by atoms with Crippen LogP contribution in [0.1, 0.15) is 24.4 Å². The van der Waals surface area contributed by atoms with Crippen molar-refractivity contribution in [1.29, 1.82) is 0 Å². The molecule has 3 saturated heterocycles. The molecule has 1 aromatic carbocycles. The lowest BCUT2D eigenvalue weighted by Gasteiger charge is -2.49. The van der Waals surface area contributed by atoms with Crippen LogP contribution in [-0.4, -0.2) is 51.4 Å². The number of carbonyl (C=O) groups excluding carboxylic acids is 1. The molecule has 5 heterocycles. The number of aromatic nitrogens is 2. The molecular weight excluding hydrogens is 392 g/mol. The van der Waals surface area contributed by atoms with Gasteiger partial charge >= 0.3 is 0 Å². The van der Waals surface area contributed by atoms with Gasteiger partial charge in [0, 0.05) is 22.8 Å². The van der Waals surface area contributed by atoms with E-state index < -0.39 is 0 Å². The predicted molar refractivity (Wildman–Crippen MR) is 115 cm³/mol. The average Bonchev–Trinajstić information content (AvgIpc) is 3.09. The molecular formula is C21H23ClN4OS. The molecule has 2 bridgehead atoms. The molecule has 1 amide bonds. The summed E-state index contributed by atoms with van der Waals surface area (Å²) in [6, 6.07) is 12.9. The molecule has 146 valence electrons. The van der Waals surface area contributed by atoms with E-state index in [1.165, 1.54) is 10.4 Å². The zero-order valence-electron chi connectivity index (χ0n) is 16.0. The van der Waals surface area contributed by atoms with Crippen molar-refractivity contribution in [3.05, 3.63) is 47.9 Å². The second-order valence-electron chi connectivity index (χ2n) is 7.57. The normalized spacial score (nSPS) is 21.9. The van der Waals surface area contributed by atoms with Gasteiger partial charge in [-0.25, -0.2) is 9.97 Å². The van der Waals surface area contributed by atoms with E-state index in [1.54, 1.807) is 11.3 Å². The Balaban J connectivity index is 0.00000192. The Morgan fingerprint density at radius 1 is 1.18 bits per heavy atom. The second kappa shape index (κ2) is 7.43. The lowest BCUT2D eigenvalue weighted by atomic mass is 9.90. The fraction of sp³-hybridized carbons (Fsp3) is 0.381. The summed E-state index contributed by atoms with van der Waals surface area (Å²) in [6.07, 6.45) is 2.07. The van der Waals surface area contributed by atoms with Gasteiger partial charge in [0.2, 0.25) is 5.91 Å². The molecule has 2 aromatic heterocycles. The Bertz CT molecular complexity index is 1020. The number of likely N-dealkylation sites (N-methyl/N-ethyl adjacent to an activating group) is 1. The van der Waals surface area contributed by atoms with Crippen molar-refractivity contribution in [2.75, 3.05) is 13.6 Å². The highest BCUT2D eigenvalue weighted by Crippen LogP contribution is 2.35. The second-order valence-corrected chi connectivity index (χ2v) is 8.60. The van der Waals surface area contributed by atoms with Crippen molar-refractivity contribution in [3.63, 3.8) is 0 Å². The van der Waals surface area contributed by atoms with Crippen molar-refractivity contribution in [3.8, 4) is 10.4 Å². The summed E-state index contributed by atoms with van der Waals surface area (Å²) in [5.74, 6) is 1.02. The third-order valence-corrected chi connectivity index (χ3v) is 6.85. The maximum absolute atomic E-state index is 12.9. The summed E-state index contributed by atoms with van der Waals surface area (Å²) in [6.45, 7) is 3.48. The molecule has 0 saturated carbocycles. The minimum atomic E-state index is 0. The van der Waals surface area contributed by atoms with E-state index in [2.05, 4.69) is 52.2 Å². The van der Waals surface area contributed by atoms with Crippen LogP contribution >= 0.6 is 23.7 Å².